The number of halogens is 1. The minimum Gasteiger partial charge on any atom is -0.490 e. The molecule has 2 amide bonds. The Hall–Kier alpha value is -3.06. The zero-order chi connectivity index (χ0) is 21.1. The molecule has 0 fully saturated rings. The van der Waals surface area contributed by atoms with E-state index in [1.807, 2.05) is 13.8 Å². The molecule has 0 aliphatic heterocycles. The van der Waals surface area contributed by atoms with E-state index in [1.54, 1.807) is 42.5 Å². The average molecular weight is 418 g/mol. The van der Waals surface area contributed by atoms with Gasteiger partial charge in [0.15, 0.2) is 11.5 Å². The first-order valence-corrected chi connectivity index (χ1v) is 9.67. The van der Waals surface area contributed by atoms with Gasteiger partial charge in [-0.1, -0.05) is 30.7 Å². The van der Waals surface area contributed by atoms with Gasteiger partial charge in [0.05, 0.1) is 30.1 Å². The van der Waals surface area contributed by atoms with Crippen molar-refractivity contribution in [3.8, 4) is 11.5 Å². The van der Waals surface area contributed by atoms with Crippen LogP contribution in [0.5, 0.6) is 11.5 Å². The minimum absolute atomic E-state index is 0.378. The molecule has 0 bridgehead atoms. The molecule has 0 spiro atoms. The number of hydrazone groups is 1. The van der Waals surface area contributed by atoms with Gasteiger partial charge in [0.2, 0.25) is 11.8 Å². The van der Waals surface area contributed by atoms with E-state index in [1.165, 1.54) is 6.21 Å². The lowest BCUT2D eigenvalue weighted by Gasteiger charge is -2.11. The number of nitrogens with one attached hydrogen (secondary N) is 2. The SMILES string of the molecule is CCCOc1ccc(C=NNC(=O)CC(=O)Nc2ccccc2Cl)cc1OCC. The number of benzene rings is 2. The highest BCUT2D eigenvalue weighted by Gasteiger charge is 2.10. The lowest BCUT2D eigenvalue weighted by Crippen LogP contribution is -2.24. The van der Waals surface area contributed by atoms with Crippen LogP contribution in [0.2, 0.25) is 5.02 Å². The first-order valence-electron chi connectivity index (χ1n) is 9.29. The van der Waals surface area contributed by atoms with Crippen LogP contribution in [0.4, 0.5) is 5.69 Å². The van der Waals surface area contributed by atoms with Gasteiger partial charge < -0.3 is 14.8 Å². The van der Waals surface area contributed by atoms with Crippen LogP contribution in [0.3, 0.4) is 0 Å². The molecule has 0 unspecified atom stereocenters. The third-order valence-corrected chi connectivity index (χ3v) is 3.93. The Morgan fingerprint density at radius 2 is 1.86 bits per heavy atom. The Labute approximate surface area is 175 Å². The fourth-order valence-corrected chi connectivity index (χ4v) is 2.51. The van der Waals surface area contributed by atoms with E-state index in [4.69, 9.17) is 21.1 Å². The smallest absolute Gasteiger partial charge is 0.249 e. The molecule has 0 aromatic heterocycles. The number of anilines is 1. The Bertz CT molecular complexity index is 871. The molecule has 0 heterocycles. The van der Waals surface area contributed by atoms with E-state index in [9.17, 15) is 9.59 Å². The highest BCUT2D eigenvalue weighted by molar-refractivity contribution is 6.33. The molecule has 2 rings (SSSR count). The summed E-state index contributed by atoms with van der Waals surface area (Å²) in [5, 5.41) is 6.86. The van der Waals surface area contributed by atoms with Crippen molar-refractivity contribution in [3.63, 3.8) is 0 Å². The molecule has 0 saturated heterocycles. The van der Waals surface area contributed by atoms with Crippen molar-refractivity contribution in [2.75, 3.05) is 18.5 Å². The van der Waals surface area contributed by atoms with E-state index < -0.39 is 11.8 Å². The molecule has 2 aromatic rings. The van der Waals surface area contributed by atoms with Gasteiger partial charge in [0, 0.05) is 0 Å². The number of carbonyl (C=O) groups excluding carboxylic acids is 2. The second-order valence-corrected chi connectivity index (χ2v) is 6.39. The van der Waals surface area contributed by atoms with Crippen molar-refractivity contribution >= 4 is 35.3 Å². The van der Waals surface area contributed by atoms with Crippen LogP contribution in [0.1, 0.15) is 32.3 Å². The third kappa shape index (κ3) is 7.46. The standard InChI is InChI=1S/C21H24ClN3O4/c1-3-11-29-18-10-9-15(12-19(18)28-4-2)14-23-25-21(27)13-20(26)24-17-8-6-5-7-16(17)22/h5-10,12,14H,3-4,11,13H2,1-2H3,(H,24,26)(H,25,27). The quantitative estimate of drug-likeness (QED) is 0.347. The first-order chi connectivity index (χ1) is 14.0. The second-order valence-electron chi connectivity index (χ2n) is 5.99. The Morgan fingerprint density at radius 3 is 2.59 bits per heavy atom. The maximum Gasteiger partial charge on any atom is 0.249 e. The molecule has 29 heavy (non-hydrogen) atoms. The fourth-order valence-electron chi connectivity index (χ4n) is 2.33. The monoisotopic (exact) mass is 417 g/mol. The van der Waals surface area contributed by atoms with Gasteiger partial charge in [-0.15, -0.1) is 0 Å². The minimum atomic E-state index is -0.543. The normalized spacial score (nSPS) is 10.6. The molecule has 2 aromatic carbocycles. The molecule has 0 aliphatic rings. The zero-order valence-electron chi connectivity index (χ0n) is 16.4. The van der Waals surface area contributed by atoms with Crippen molar-refractivity contribution < 1.29 is 19.1 Å². The lowest BCUT2D eigenvalue weighted by molar-refractivity contribution is -0.126. The van der Waals surface area contributed by atoms with Crippen molar-refractivity contribution in [3.05, 3.63) is 53.1 Å². The summed E-state index contributed by atoms with van der Waals surface area (Å²) in [4.78, 5) is 23.8. The fraction of sp³-hybridized carbons (Fsp3) is 0.286. The summed E-state index contributed by atoms with van der Waals surface area (Å²) in [6.07, 6.45) is 1.98. The molecule has 7 nitrogen and oxygen atoms in total. The lowest BCUT2D eigenvalue weighted by atomic mass is 10.2. The summed E-state index contributed by atoms with van der Waals surface area (Å²) in [5.41, 5.74) is 3.50. The van der Waals surface area contributed by atoms with E-state index in [0.717, 1.165) is 12.0 Å². The predicted octanol–water partition coefficient (Wildman–Crippen LogP) is 4.01. The Kier molecular flexibility index (Phi) is 8.98. The van der Waals surface area contributed by atoms with Gasteiger partial charge in [0.25, 0.3) is 0 Å². The Balaban J connectivity index is 1.89. The van der Waals surface area contributed by atoms with Crippen molar-refractivity contribution in [1.82, 2.24) is 5.43 Å². The van der Waals surface area contributed by atoms with E-state index in [2.05, 4.69) is 15.8 Å². The molecule has 0 radical (unpaired) electrons. The van der Waals surface area contributed by atoms with Gasteiger partial charge in [-0.25, -0.2) is 5.43 Å². The van der Waals surface area contributed by atoms with Gasteiger partial charge in [0.1, 0.15) is 6.42 Å². The van der Waals surface area contributed by atoms with Gasteiger partial charge in [-0.3, -0.25) is 9.59 Å². The predicted molar refractivity (Wildman–Crippen MR) is 114 cm³/mol. The van der Waals surface area contributed by atoms with Crippen LogP contribution in [-0.4, -0.2) is 31.2 Å². The summed E-state index contributed by atoms with van der Waals surface area (Å²) < 4.78 is 11.2. The number of carbonyl (C=O) groups is 2. The highest BCUT2D eigenvalue weighted by Crippen LogP contribution is 2.28. The number of ether oxygens (including phenoxy) is 2. The molecule has 2 N–H and O–H groups in total. The Morgan fingerprint density at radius 1 is 1.07 bits per heavy atom. The third-order valence-electron chi connectivity index (χ3n) is 3.60. The molecular weight excluding hydrogens is 394 g/mol. The maximum atomic E-state index is 11.9. The molecule has 0 atom stereocenters. The number of amides is 2. The number of rotatable bonds is 10. The summed E-state index contributed by atoms with van der Waals surface area (Å²) in [6.45, 7) is 5.01. The molecule has 0 aliphatic carbocycles. The van der Waals surface area contributed by atoms with Crippen LogP contribution in [-0.2, 0) is 9.59 Å². The van der Waals surface area contributed by atoms with Crippen molar-refractivity contribution in [1.29, 1.82) is 0 Å². The maximum absolute atomic E-state index is 11.9. The number of hydrogen-bond donors (Lipinski definition) is 2. The van der Waals surface area contributed by atoms with E-state index in [-0.39, 0.29) is 6.42 Å². The van der Waals surface area contributed by atoms with Crippen LogP contribution in [0.15, 0.2) is 47.6 Å². The highest BCUT2D eigenvalue weighted by atomic mass is 35.5. The van der Waals surface area contributed by atoms with Crippen LogP contribution < -0.4 is 20.2 Å². The van der Waals surface area contributed by atoms with Crippen LogP contribution >= 0.6 is 11.6 Å². The summed E-state index contributed by atoms with van der Waals surface area (Å²) in [7, 11) is 0. The zero-order valence-corrected chi connectivity index (χ0v) is 17.2. The van der Waals surface area contributed by atoms with Gasteiger partial charge >= 0.3 is 0 Å². The first kappa shape index (κ1) is 22.2. The molecule has 0 saturated carbocycles. The number of nitrogens with zero attached hydrogens (tertiary/aromatic N) is 1. The van der Waals surface area contributed by atoms with Gasteiger partial charge in [-0.05, 0) is 49.2 Å². The molecular formula is C21H24ClN3O4. The van der Waals surface area contributed by atoms with Crippen LogP contribution in [0, 0.1) is 0 Å². The summed E-state index contributed by atoms with van der Waals surface area (Å²) in [5.74, 6) is 0.238. The summed E-state index contributed by atoms with van der Waals surface area (Å²) >= 11 is 5.97. The van der Waals surface area contributed by atoms with Crippen molar-refractivity contribution in [2.45, 2.75) is 26.7 Å². The number of para-hydroxylation sites is 1. The molecule has 154 valence electrons. The average Bonchev–Trinajstić information content (AvgIpc) is 2.69. The van der Waals surface area contributed by atoms with Crippen LogP contribution in [0.25, 0.3) is 0 Å². The largest absolute Gasteiger partial charge is 0.490 e. The van der Waals surface area contributed by atoms with E-state index in [0.29, 0.717) is 35.4 Å². The summed E-state index contributed by atoms with van der Waals surface area (Å²) in [6, 6.07) is 12.2. The van der Waals surface area contributed by atoms with Crippen molar-refractivity contribution in [2.24, 2.45) is 5.10 Å². The molecule has 8 heteroatoms. The number of hydrogen-bond acceptors (Lipinski definition) is 5. The second kappa shape index (κ2) is 11.7. The van der Waals surface area contributed by atoms with E-state index >= 15 is 0 Å². The van der Waals surface area contributed by atoms with Gasteiger partial charge in [-0.2, -0.15) is 5.10 Å². The topological polar surface area (TPSA) is 89.0 Å².